The molecule has 1 aromatic carbocycles. The van der Waals surface area contributed by atoms with Crippen molar-refractivity contribution in [3.63, 3.8) is 0 Å². The third-order valence-corrected chi connectivity index (χ3v) is 3.35. The monoisotopic (exact) mass is 263 g/mol. The molecule has 1 amide bonds. The molecule has 6 heteroatoms. The molecule has 0 aliphatic carbocycles. The fourth-order valence-electron chi connectivity index (χ4n) is 2.27. The Morgan fingerprint density at radius 1 is 1.47 bits per heavy atom. The van der Waals surface area contributed by atoms with Crippen LogP contribution in [0.4, 0.5) is 5.69 Å². The van der Waals surface area contributed by atoms with Gasteiger partial charge in [0.2, 0.25) is 0 Å². The minimum absolute atomic E-state index is 0.0567. The molecule has 1 fully saturated rings. The molecule has 1 aromatic rings. The number of piperazine rings is 1. The molecule has 0 atom stereocenters. The maximum Gasteiger partial charge on any atom is 0.270 e. The summed E-state index contributed by atoms with van der Waals surface area (Å²) in [7, 11) is 0. The minimum atomic E-state index is -0.486. The summed E-state index contributed by atoms with van der Waals surface area (Å²) in [6, 6.07) is 5.88. The maximum atomic E-state index is 12.5. The van der Waals surface area contributed by atoms with Gasteiger partial charge in [-0.25, -0.2) is 0 Å². The Balaban J connectivity index is 2.28. The Morgan fingerprint density at radius 3 is 2.84 bits per heavy atom. The summed E-state index contributed by atoms with van der Waals surface area (Å²) in [4.78, 5) is 24.5. The summed E-state index contributed by atoms with van der Waals surface area (Å²) in [5.41, 5.74) is 0.0166. The summed E-state index contributed by atoms with van der Waals surface area (Å²) < 4.78 is 0. The van der Waals surface area contributed by atoms with Crippen molar-refractivity contribution < 1.29 is 9.72 Å². The fraction of sp³-hybridized carbons (Fsp3) is 0.462. The summed E-state index contributed by atoms with van der Waals surface area (Å²) in [6.45, 7) is 6.02. The molecule has 1 aliphatic heterocycles. The lowest BCUT2D eigenvalue weighted by molar-refractivity contribution is -0.384. The number of hydrogen-bond donors (Lipinski definition) is 1. The standard InChI is InChI=1S/C13H17N3O3/c1-13(2)9-14-6-7-15(13)12(17)10-4-3-5-11(8-10)16(18)19/h3-5,8,14H,6-7,9H2,1-2H3. The van der Waals surface area contributed by atoms with Crippen LogP contribution in [-0.4, -0.2) is 40.9 Å². The Labute approximate surface area is 111 Å². The van der Waals surface area contributed by atoms with Crippen LogP contribution >= 0.6 is 0 Å². The summed E-state index contributed by atoms with van der Waals surface area (Å²) in [6.07, 6.45) is 0. The number of nitro groups is 1. The summed E-state index contributed by atoms with van der Waals surface area (Å²) in [5.74, 6) is -0.157. The van der Waals surface area contributed by atoms with Crippen LogP contribution in [0.1, 0.15) is 24.2 Å². The number of non-ortho nitro benzene ring substituents is 1. The fourth-order valence-corrected chi connectivity index (χ4v) is 2.27. The van der Waals surface area contributed by atoms with Crippen LogP contribution in [0.15, 0.2) is 24.3 Å². The second kappa shape index (κ2) is 4.97. The highest BCUT2D eigenvalue weighted by molar-refractivity contribution is 5.95. The van der Waals surface area contributed by atoms with Gasteiger partial charge in [0.05, 0.1) is 10.5 Å². The number of carbonyl (C=O) groups is 1. The maximum absolute atomic E-state index is 12.5. The molecule has 1 heterocycles. The van der Waals surface area contributed by atoms with Crippen LogP contribution in [0, 0.1) is 10.1 Å². The lowest BCUT2D eigenvalue weighted by atomic mass is 9.98. The number of benzene rings is 1. The highest BCUT2D eigenvalue weighted by Crippen LogP contribution is 2.21. The van der Waals surface area contributed by atoms with Crippen LogP contribution in [0.5, 0.6) is 0 Å². The van der Waals surface area contributed by atoms with Crippen molar-refractivity contribution in [3.8, 4) is 0 Å². The number of hydrogen-bond acceptors (Lipinski definition) is 4. The summed E-state index contributed by atoms with van der Waals surface area (Å²) >= 11 is 0. The van der Waals surface area contributed by atoms with Crippen LogP contribution in [0.3, 0.4) is 0 Å². The molecule has 1 N–H and O–H groups in total. The molecule has 0 aromatic heterocycles. The van der Waals surface area contributed by atoms with E-state index in [2.05, 4.69) is 5.32 Å². The van der Waals surface area contributed by atoms with Crippen LogP contribution < -0.4 is 5.32 Å². The largest absolute Gasteiger partial charge is 0.331 e. The Kier molecular flexibility index (Phi) is 3.53. The van der Waals surface area contributed by atoms with Gasteiger partial charge < -0.3 is 10.2 Å². The van der Waals surface area contributed by atoms with E-state index in [1.54, 1.807) is 17.0 Å². The van der Waals surface area contributed by atoms with E-state index in [1.807, 2.05) is 13.8 Å². The Bertz CT molecular complexity index is 514. The van der Waals surface area contributed by atoms with Gasteiger partial charge >= 0.3 is 0 Å². The lowest BCUT2D eigenvalue weighted by Gasteiger charge is -2.42. The SMILES string of the molecule is CC1(C)CNCCN1C(=O)c1cccc([N+](=O)[O-])c1. The third-order valence-electron chi connectivity index (χ3n) is 3.35. The molecule has 6 nitrogen and oxygen atoms in total. The molecule has 0 radical (unpaired) electrons. The van der Waals surface area contributed by atoms with E-state index in [-0.39, 0.29) is 17.1 Å². The molecule has 0 bridgehead atoms. The number of nitrogens with one attached hydrogen (secondary N) is 1. The van der Waals surface area contributed by atoms with Crippen LogP contribution in [-0.2, 0) is 0 Å². The van der Waals surface area contributed by atoms with Gasteiger partial charge in [0.15, 0.2) is 0 Å². The molecule has 0 spiro atoms. The van der Waals surface area contributed by atoms with Crippen molar-refractivity contribution in [2.75, 3.05) is 19.6 Å². The van der Waals surface area contributed by atoms with Crippen molar-refractivity contribution in [2.45, 2.75) is 19.4 Å². The van der Waals surface area contributed by atoms with Gasteiger partial charge in [-0.15, -0.1) is 0 Å². The third kappa shape index (κ3) is 2.73. The van der Waals surface area contributed by atoms with Crippen LogP contribution in [0.2, 0.25) is 0 Å². The van der Waals surface area contributed by atoms with E-state index >= 15 is 0 Å². The van der Waals surface area contributed by atoms with Gasteiger partial charge in [-0.05, 0) is 19.9 Å². The zero-order chi connectivity index (χ0) is 14.0. The van der Waals surface area contributed by atoms with Gasteiger partial charge in [-0.3, -0.25) is 14.9 Å². The number of nitrogens with zero attached hydrogens (tertiary/aromatic N) is 2. The first-order valence-electron chi connectivity index (χ1n) is 6.19. The zero-order valence-electron chi connectivity index (χ0n) is 11.0. The molecule has 19 heavy (non-hydrogen) atoms. The van der Waals surface area contributed by atoms with E-state index < -0.39 is 4.92 Å². The van der Waals surface area contributed by atoms with E-state index in [4.69, 9.17) is 0 Å². The van der Waals surface area contributed by atoms with Crippen LogP contribution in [0.25, 0.3) is 0 Å². The highest BCUT2D eigenvalue weighted by atomic mass is 16.6. The molecule has 2 rings (SSSR count). The van der Waals surface area contributed by atoms with Gasteiger partial charge in [0.25, 0.3) is 11.6 Å². The second-order valence-electron chi connectivity index (χ2n) is 5.25. The quantitative estimate of drug-likeness (QED) is 0.646. The predicted octanol–water partition coefficient (Wildman–Crippen LogP) is 1.42. The van der Waals surface area contributed by atoms with Gasteiger partial charge in [0.1, 0.15) is 0 Å². The van der Waals surface area contributed by atoms with Crippen molar-refractivity contribution >= 4 is 11.6 Å². The zero-order valence-corrected chi connectivity index (χ0v) is 11.0. The molecule has 102 valence electrons. The lowest BCUT2D eigenvalue weighted by Crippen LogP contribution is -2.59. The number of nitro benzene ring substituents is 1. The van der Waals surface area contributed by atoms with E-state index in [9.17, 15) is 14.9 Å². The molecule has 0 saturated carbocycles. The smallest absolute Gasteiger partial charge is 0.270 e. The average Bonchev–Trinajstić information content (AvgIpc) is 2.37. The first kappa shape index (κ1) is 13.5. The number of carbonyl (C=O) groups excluding carboxylic acids is 1. The van der Waals surface area contributed by atoms with E-state index in [0.29, 0.717) is 18.7 Å². The van der Waals surface area contributed by atoms with Crippen molar-refractivity contribution in [1.82, 2.24) is 10.2 Å². The summed E-state index contributed by atoms with van der Waals surface area (Å²) in [5, 5.41) is 14.0. The molecule has 0 unspecified atom stereocenters. The second-order valence-corrected chi connectivity index (χ2v) is 5.25. The topological polar surface area (TPSA) is 75.5 Å². The Hall–Kier alpha value is -1.95. The molecular weight excluding hydrogens is 246 g/mol. The number of rotatable bonds is 2. The molecule has 1 aliphatic rings. The number of amides is 1. The van der Waals surface area contributed by atoms with Crippen molar-refractivity contribution in [3.05, 3.63) is 39.9 Å². The minimum Gasteiger partial charge on any atom is -0.331 e. The normalized spacial score (nSPS) is 18.1. The first-order valence-corrected chi connectivity index (χ1v) is 6.19. The van der Waals surface area contributed by atoms with Gasteiger partial charge in [0, 0.05) is 37.3 Å². The van der Waals surface area contributed by atoms with Gasteiger partial charge in [-0.2, -0.15) is 0 Å². The Morgan fingerprint density at radius 2 is 2.21 bits per heavy atom. The highest BCUT2D eigenvalue weighted by Gasteiger charge is 2.33. The first-order chi connectivity index (χ1) is 8.92. The average molecular weight is 263 g/mol. The van der Waals surface area contributed by atoms with E-state index in [1.165, 1.54) is 12.1 Å². The van der Waals surface area contributed by atoms with E-state index in [0.717, 1.165) is 6.54 Å². The molecular formula is C13H17N3O3. The van der Waals surface area contributed by atoms with Gasteiger partial charge in [-0.1, -0.05) is 6.07 Å². The molecule has 1 saturated heterocycles. The van der Waals surface area contributed by atoms with Crippen molar-refractivity contribution in [1.29, 1.82) is 0 Å². The van der Waals surface area contributed by atoms with Crippen molar-refractivity contribution in [2.24, 2.45) is 0 Å². The predicted molar refractivity (Wildman–Crippen MR) is 71.1 cm³/mol.